The third-order valence-corrected chi connectivity index (χ3v) is 5.26. The van der Waals surface area contributed by atoms with Crippen LogP contribution in [0.5, 0.6) is 5.75 Å². The van der Waals surface area contributed by atoms with Crippen molar-refractivity contribution in [3.63, 3.8) is 0 Å². The summed E-state index contributed by atoms with van der Waals surface area (Å²) in [5, 5.41) is 22.9. The third-order valence-electron chi connectivity index (χ3n) is 3.65. The number of rotatable bonds is 6. The summed E-state index contributed by atoms with van der Waals surface area (Å²) in [6.07, 6.45) is 1.50. The lowest BCUT2D eigenvalue weighted by Crippen LogP contribution is -2.14. The molecule has 0 saturated carbocycles. The predicted molar refractivity (Wildman–Crippen MR) is 123 cm³/mol. The van der Waals surface area contributed by atoms with E-state index in [9.17, 15) is 20.2 Å². The van der Waals surface area contributed by atoms with Gasteiger partial charge in [-0.25, -0.2) is 0 Å². The van der Waals surface area contributed by atoms with Crippen LogP contribution in [-0.2, 0) is 4.79 Å². The van der Waals surface area contributed by atoms with Gasteiger partial charge in [0.05, 0.1) is 18.7 Å². The number of halogens is 2. The van der Waals surface area contributed by atoms with Crippen molar-refractivity contribution < 1.29 is 14.5 Å². The Kier molecular flexibility index (Phi) is 7.76. The van der Waals surface area contributed by atoms with Gasteiger partial charge in [-0.15, -0.1) is 0 Å². The molecule has 1 amide bonds. The van der Waals surface area contributed by atoms with Crippen LogP contribution in [0.1, 0.15) is 18.1 Å². The highest BCUT2D eigenvalue weighted by Crippen LogP contribution is 2.30. The first-order valence-corrected chi connectivity index (χ1v) is 10.2. The average molecular weight is 603 g/mol. The van der Waals surface area contributed by atoms with Gasteiger partial charge >= 0.3 is 0 Å². The number of anilines is 1. The molecule has 0 spiro atoms. The number of ether oxygens (including phenoxy) is 1. The maximum absolute atomic E-state index is 12.5. The number of non-ortho nitro benzene ring substituents is 1. The lowest BCUT2D eigenvalue weighted by atomic mass is 10.1. The van der Waals surface area contributed by atoms with Crippen molar-refractivity contribution in [1.82, 2.24) is 0 Å². The minimum Gasteiger partial charge on any atom is -0.492 e. The van der Waals surface area contributed by atoms with Crippen LogP contribution in [0.3, 0.4) is 0 Å². The van der Waals surface area contributed by atoms with Crippen molar-refractivity contribution in [1.29, 1.82) is 5.26 Å². The van der Waals surface area contributed by atoms with Crippen LogP contribution in [0.2, 0.25) is 0 Å². The second kappa shape index (κ2) is 9.83. The molecule has 7 nitrogen and oxygen atoms in total. The molecule has 0 fully saturated rings. The lowest BCUT2D eigenvalue weighted by molar-refractivity contribution is -0.384. The molecule has 0 bridgehead atoms. The molecule has 2 aromatic carbocycles. The van der Waals surface area contributed by atoms with Gasteiger partial charge < -0.3 is 10.1 Å². The number of aryl methyl sites for hydroxylation is 1. The van der Waals surface area contributed by atoms with Gasteiger partial charge in [-0.3, -0.25) is 14.9 Å². The average Bonchev–Trinajstić information content (AvgIpc) is 2.64. The Morgan fingerprint density at radius 2 is 1.96 bits per heavy atom. The van der Waals surface area contributed by atoms with Gasteiger partial charge in [0.1, 0.15) is 17.4 Å². The molecule has 0 aliphatic rings. The number of nitro benzene ring substituents is 1. The van der Waals surface area contributed by atoms with Gasteiger partial charge in [-0.05, 0) is 94.4 Å². The third kappa shape index (κ3) is 5.41. The fourth-order valence-corrected chi connectivity index (χ4v) is 4.48. The van der Waals surface area contributed by atoms with E-state index in [0.717, 1.165) is 12.9 Å². The van der Waals surface area contributed by atoms with Crippen LogP contribution >= 0.6 is 45.2 Å². The van der Waals surface area contributed by atoms with Gasteiger partial charge in [0, 0.05) is 17.8 Å². The quantitative estimate of drug-likeness (QED) is 0.164. The molecule has 0 aromatic heterocycles. The van der Waals surface area contributed by atoms with Crippen LogP contribution in [0.25, 0.3) is 6.08 Å². The van der Waals surface area contributed by atoms with Crippen LogP contribution < -0.4 is 10.1 Å². The zero-order chi connectivity index (χ0) is 20.8. The molecule has 2 rings (SSSR count). The second-order valence-corrected chi connectivity index (χ2v) is 7.95. The lowest BCUT2D eigenvalue weighted by Gasteiger charge is -2.10. The largest absolute Gasteiger partial charge is 0.492 e. The number of amides is 1. The minimum atomic E-state index is -0.585. The number of carbonyl (C=O) groups excluding carboxylic acids is 1. The van der Waals surface area contributed by atoms with Crippen LogP contribution in [0, 0.1) is 35.5 Å². The molecule has 0 atom stereocenters. The summed E-state index contributed by atoms with van der Waals surface area (Å²) in [6.45, 7) is 4.09. The molecule has 1 N–H and O–H groups in total. The zero-order valence-corrected chi connectivity index (χ0v) is 19.3. The van der Waals surface area contributed by atoms with Crippen molar-refractivity contribution in [2.75, 3.05) is 11.9 Å². The summed E-state index contributed by atoms with van der Waals surface area (Å²) in [7, 11) is 0. The molecule has 144 valence electrons. The maximum atomic E-state index is 12.5. The SMILES string of the molecule is CCOc1c(I)cc(C=C(C#N)C(=O)Nc2ccc([N+](=O)[O-])cc2C)cc1I. The number of hydrogen-bond donors (Lipinski definition) is 1. The highest BCUT2D eigenvalue weighted by molar-refractivity contribution is 14.1. The normalized spacial score (nSPS) is 10.9. The number of benzene rings is 2. The van der Waals surface area contributed by atoms with E-state index in [1.807, 2.05) is 25.1 Å². The van der Waals surface area contributed by atoms with Gasteiger partial charge in [0.15, 0.2) is 0 Å². The Balaban J connectivity index is 2.29. The van der Waals surface area contributed by atoms with E-state index in [4.69, 9.17) is 4.74 Å². The fourth-order valence-electron chi connectivity index (χ4n) is 2.35. The number of hydrogen-bond acceptors (Lipinski definition) is 5. The van der Waals surface area contributed by atoms with E-state index in [1.54, 1.807) is 6.92 Å². The van der Waals surface area contributed by atoms with Gasteiger partial charge in [0.2, 0.25) is 0 Å². The van der Waals surface area contributed by atoms with E-state index >= 15 is 0 Å². The zero-order valence-electron chi connectivity index (χ0n) is 15.0. The Labute approximate surface area is 189 Å². The summed E-state index contributed by atoms with van der Waals surface area (Å²) in [5.74, 6) is 0.184. The van der Waals surface area contributed by atoms with E-state index in [2.05, 4.69) is 50.5 Å². The molecule has 2 aromatic rings. The van der Waals surface area contributed by atoms with Crippen molar-refractivity contribution in [2.24, 2.45) is 0 Å². The van der Waals surface area contributed by atoms with E-state index in [0.29, 0.717) is 23.4 Å². The highest BCUT2D eigenvalue weighted by Gasteiger charge is 2.14. The fraction of sp³-hybridized carbons (Fsp3) is 0.158. The predicted octanol–water partition coefficient (Wildman–Crippen LogP) is 5.06. The molecule has 0 unspecified atom stereocenters. The smallest absolute Gasteiger partial charge is 0.269 e. The van der Waals surface area contributed by atoms with E-state index < -0.39 is 10.8 Å². The number of carbonyl (C=O) groups is 1. The molecule has 0 aliphatic heterocycles. The molecular formula is C19H15I2N3O4. The van der Waals surface area contributed by atoms with Crippen LogP contribution in [-0.4, -0.2) is 17.4 Å². The Bertz CT molecular complexity index is 990. The number of nitriles is 1. The summed E-state index contributed by atoms with van der Waals surface area (Å²) in [4.78, 5) is 22.8. The van der Waals surface area contributed by atoms with E-state index in [-0.39, 0.29) is 11.3 Å². The number of nitrogens with zero attached hydrogens (tertiary/aromatic N) is 2. The number of nitrogens with one attached hydrogen (secondary N) is 1. The first kappa shape index (κ1) is 22.1. The van der Waals surface area contributed by atoms with E-state index in [1.165, 1.54) is 24.3 Å². The Morgan fingerprint density at radius 1 is 1.32 bits per heavy atom. The molecule has 9 heteroatoms. The number of nitro groups is 1. The first-order valence-electron chi connectivity index (χ1n) is 8.06. The molecule has 0 heterocycles. The van der Waals surface area contributed by atoms with Crippen molar-refractivity contribution in [2.45, 2.75) is 13.8 Å². The standard InChI is InChI=1S/C19H15I2N3O4/c1-3-28-18-15(20)8-12(9-16(18)21)7-13(10-22)19(25)23-17-5-4-14(24(26)27)6-11(17)2/h4-9H,3H2,1-2H3,(H,23,25). The van der Waals surface area contributed by atoms with Crippen LogP contribution in [0.4, 0.5) is 11.4 Å². The van der Waals surface area contributed by atoms with Crippen LogP contribution in [0.15, 0.2) is 35.9 Å². The van der Waals surface area contributed by atoms with Crippen molar-refractivity contribution >= 4 is 68.5 Å². The summed E-state index contributed by atoms with van der Waals surface area (Å²) in [6, 6.07) is 9.67. The maximum Gasteiger partial charge on any atom is 0.269 e. The topological polar surface area (TPSA) is 105 Å². The molecular weight excluding hydrogens is 588 g/mol. The summed E-state index contributed by atoms with van der Waals surface area (Å²) in [5.41, 5.74) is 1.50. The molecule has 0 saturated heterocycles. The molecule has 0 aliphatic carbocycles. The first-order chi connectivity index (χ1) is 13.3. The summed E-state index contributed by atoms with van der Waals surface area (Å²) >= 11 is 4.29. The molecule has 28 heavy (non-hydrogen) atoms. The van der Waals surface area contributed by atoms with Gasteiger partial charge in [0.25, 0.3) is 11.6 Å². The monoisotopic (exact) mass is 603 g/mol. The minimum absolute atomic E-state index is 0.0647. The highest BCUT2D eigenvalue weighted by atomic mass is 127. The Hall–Kier alpha value is -2.20. The summed E-state index contributed by atoms with van der Waals surface area (Å²) < 4.78 is 7.34. The van der Waals surface area contributed by atoms with Gasteiger partial charge in [-0.2, -0.15) is 5.26 Å². The second-order valence-electron chi connectivity index (χ2n) is 5.63. The van der Waals surface area contributed by atoms with Crippen molar-refractivity contribution in [3.05, 3.63) is 64.3 Å². The molecule has 0 radical (unpaired) electrons. The Morgan fingerprint density at radius 3 is 2.46 bits per heavy atom. The van der Waals surface area contributed by atoms with Gasteiger partial charge in [-0.1, -0.05) is 0 Å². The van der Waals surface area contributed by atoms with Crippen molar-refractivity contribution in [3.8, 4) is 11.8 Å².